The van der Waals surface area contributed by atoms with E-state index in [1.165, 1.54) is 12.3 Å². The molecule has 0 radical (unpaired) electrons. The van der Waals surface area contributed by atoms with Crippen molar-refractivity contribution in [2.75, 3.05) is 6.26 Å². The summed E-state index contributed by atoms with van der Waals surface area (Å²) >= 11 is 0. The maximum absolute atomic E-state index is 13.3. The van der Waals surface area contributed by atoms with Gasteiger partial charge in [0.05, 0.1) is 6.26 Å². The highest BCUT2D eigenvalue weighted by Gasteiger charge is 2.23. The van der Waals surface area contributed by atoms with Gasteiger partial charge in [0, 0.05) is 19.4 Å². The summed E-state index contributed by atoms with van der Waals surface area (Å²) in [6, 6.07) is 2.33. The third-order valence-electron chi connectivity index (χ3n) is 2.73. The lowest BCUT2D eigenvalue weighted by Crippen LogP contribution is -2.30. The molecular weight excluding hydrogens is 288 g/mol. The molecule has 0 bridgehead atoms. The van der Waals surface area contributed by atoms with Gasteiger partial charge in [0.1, 0.15) is 11.9 Å². The molecule has 1 aromatic heterocycles. The molecule has 0 amide bonds. The number of halogens is 2. The zero-order valence-electron chi connectivity index (χ0n) is 10.8. The molecule has 0 aliphatic heterocycles. The van der Waals surface area contributed by atoms with E-state index in [-0.39, 0.29) is 5.56 Å². The van der Waals surface area contributed by atoms with E-state index in [1.807, 2.05) is 0 Å². The maximum Gasteiger partial charge on any atom is 0.209 e. The van der Waals surface area contributed by atoms with Crippen LogP contribution in [0.1, 0.15) is 17.4 Å². The van der Waals surface area contributed by atoms with E-state index in [9.17, 15) is 17.2 Å². The van der Waals surface area contributed by atoms with E-state index in [0.717, 1.165) is 18.4 Å². The molecular formula is C12H13F2N3O2S. The summed E-state index contributed by atoms with van der Waals surface area (Å²) in [6.07, 6.45) is 4.11. The summed E-state index contributed by atoms with van der Waals surface area (Å²) in [5.74, 6) is -1.66. The second-order valence-electron chi connectivity index (χ2n) is 4.39. The van der Waals surface area contributed by atoms with Crippen LogP contribution in [0.5, 0.6) is 0 Å². The normalized spacial score (nSPS) is 13.4. The van der Waals surface area contributed by atoms with Gasteiger partial charge in [0.25, 0.3) is 0 Å². The lowest BCUT2D eigenvalue weighted by Gasteiger charge is -2.18. The summed E-state index contributed by atoms with van der Waals surface area (Å²) < 4.78 is 53.2. The number of benzene rings is 1. The Balaban J connectivity index is 2.51. The average molecular weight is 301 g/mol. The summed E-state index contributed by atoms with van der Waals surface area (Å²) in [4.78, 5) is 4.05. The number of hydrogen-bond donors (Lipinski definition) is 1. The van der Waals surface area contributed by atoms with Crippen LogP contribution in [0.15, 0.2) is 30.6 Å². The van der Waals surface area contributed by atoms with Crippen LogP contribution in [0.3, 0.4) is 0 Å². The van der Waals surface area contributed by atoms with Crippen LogP contribution in [-0.4, -0.2) is 24.2 Å². The quantitative estimate of drug-likeness (QED) is 0.927. The van der Waals surface area contributed by atoms with Crippen LogP contribution in [0.4, 0.5) is 8.78 Å². The van der Waals surface area contributed by atoms with Crippen LogP contribution in [-0.2, 0) is 17.1 Å². The van der Waals surface area contributed by atoms with Gasteiger partial charge in [-0.2, -0.15) is 0 Å². The van der Waals surface area contributed by atoms with Crippen molar-refractivity contribution in [3.63, 3.8) is 0 Å². The first-order valence-electron chi connectivity index (χ1n) is 5.67. The van der Waals surface area contributed by atoms with E-state index in [2.05, 4.69) is 9.71 Å². The molecule has 0 saturated heterocycles. The molecule has 20 heavy (non-hydrogen) atoms. The zero-order chi connectivity index (χ0) is 14.9. The van der Waals surface area contributed by atoms with Gasteiger partial charge in [-0.1, -0.05) is 6.07 Å². The topological polar surface area (TPSA) is 64.0 Å². The van der Waals surface area contributed by atoms with Crippen LogP contribution in [0, 0.1) is 11.6 Å². The third kappa shape index (κ3) is 3.20. The first-order chi connectivity index (χ1) is 9.28. The first kappa shape index (κ1) is 14.6. The van der Waals surface area contributed by atoms with Crippen LogP contribution in [0.2, 0.25) is 0 Å². The first-order valence-corrected chi connectivity index (χ1v) is 7.56. The van der Waals surface area contributed by atoms with Gasteiger partial charge in [0.15, 0.2) is 11.6 Å². The van der Waals surface area contributed by atoms with Gasteiger partial charge in [-0.05, 0) is 17.7 Å². The Morgan fingerprint density at radius 1 is 1.30 bits per heavy atom. The molecule has 108 valence electrons. The summed E-state index contributed by atoms with van der Waals surface area (Å²) in [5, 5.41) is 0. The summed E-state index contributed by atoms with van der Waals surface area (Å²) in [7, 11) is -1.88. The number of aromatic nitrogens is 2. The van der Waals surface area contributed by atoms with Gasteiger partial charge >= 0.3 is 0 Å². The van der Waals surface area contributed by atoms with E-state index in [0.29, 0.717) is 5.82 Å². The predicted octanol–water partition coefficient (Wildman–Crippen LogP) is 1.34. The SMILES string of the molecule is Cn1ccnc1C(NS(C)(=O)=O)c1ccc(F)c(F)c1. The second-order valence-corrected chi connectivity index (χ2v) is 6.17. The Bertz CT molecular complexity index is 728. The smallest absolute Gasteiger partial charge is 0.209 e. The summed E-state index contributed by atoms with van der Waals surface area (Å²) in [6.45, 7) is 0. The number of rotatable bonds is 4. The highest BCUT2D eigenvalue weighted by atomic mass is 32.2. The molecule has 0 saturated carbocycles. The average Bonchev–Trinajstić information content (AvgIpc) is 2.75. The minimum atomic E-state index is -3.56. The van der Waals surface area contributed by atoms with Crippen molar-refractivity contribution in [3.8, 4) is 0 Å². The zero-order valence-corrected chi connectivity index (χ0v) is 11.7. The maximum atomic E-state index is 13.3. The van der Waals surface area contributed by atoms with Crippen LogP contribution in [0.25, 0.3) is 0 Å². The Morgan fingerprint density at radius 2 is 2.00 bits per heavy atom. The van der Waals surface area contributed by atoms with Crippen molar-refractivity contribution in [3.05, 3.63) is 53.6 Å². The fraction of sp³-hybridized carbons (Fsp3) is 0.250. The minimum Gasteiger partial charge on any atom is -0.336 e. The van der Waals surface area contributed by atoms with Gasteiger partial charge in [-0.3, -0.25) is 0 Å². The number of sulfonamides is 1. The van der Waals surface area contributed by atoms with E-state index >= 15 is 0 Å². The Labute approximate surface area is 115 Å². The molecule has 1 aromatic carbocycles. The number of nitrogens with zero attached hydrogens (tertiary/aromatic N) is 2. The molecule has 1 atom stereocenters. The van der Waals surface area contributed by atoms with Crippen molar-refractivity contribution in [1.29, 1.82) is 0 Å². The molecule has 0 aliphatic carbocycles. The molecule has 1 N–H and O–H groups in total. The number of imidazole rings is 1. The van der Waals surface area contributed by atoms with Crippen molar-refractivity contribution >= 4 is 10.0 Å². The predicted molar refractivity (Wildman–Crippen MR) is 69.4 cm³/mol. The molecule has 2 rings (SSSR count). The Morgan fingerprint density at radius 3 is 2.50 bits per heavy atom. The van der Waals surface area contributed by atoms with E-state index < -0.39 is 27.7 Å². The monoisotopic (exact) mass is 301 g/mol. The van der Waals surface area contributed by atoms with Gasteiger partial charge in [0.2, 0.25) is 10.0 Å². The number of aryl methyl sites for hydroxylation is 1. The highest BCUT2D eigenvalue weighted by molar-refractivity contribution is 7.88. The molecule has 0 spiro atoms. The fourth-order valence-corrected chi connectivity index (χ4v) is 2.50. The van der Waals surface area contributed by atoms with Gasteiger partial charge < -0.3 is 4.57 Å². The number of nitrogens with one attached hydrogen (secondary N) is 1. The van der Waals surface area contributed by atoms with Gasteiger partial charge in [-0.25, -0.2) is 26.9 Å². The molecule has 2 aromatic rings. The van der Waals surface area contributed by atoms with E-state index in [4.69, 9.17) is 0 Å². The molecule has 1 unspecified atom stereocenters. The Hall–Kier alpha value is -1.80. The fourth-order valence-electron chi connectivity index (χ4n) is 1.83. The molecule has 0 aliphatic rings. The Kier molecular flexibility index (Phi) is 3.87. The van der Waals surface area contributed by atoms with Crippen LogP contribution < -0.4 is 4.72 Å². The van der Waals surface area contributed by atoms with Crippen molar-refractivity contribution in [2.45, 2.75) is 6.04 Å². The van der Waals surface area contributed by atoms with Crippen molar-refractivity contribution in [2.24, 2.45) is 7.05 Å². The summed E-state index contributed by atoms with van der Waals surface area (Å²) in [5.41, 5.74) is 0.267. The molecule has 5 nitrogen and oxygen atoms in total. The largest absolute Gasteiger partial charge is 0.336 e. The van der Waals surface area contributed by atoms with Crippen molar-refractivity contribution < 1.29 is 17.2 Å². The van der Waals surface area contributed by atoms with Crippen molar-refractivity contribution in [1.82, 2.24) is 14.3 Å². The van der Waals surface area contributed by atoms with Gasteiger partial charge in [-0.15, -0.1) is 0 Å². The number of hydrogen-bond acceptors (Lipinski definition) is 3. The molecule has 8 heteroatoms. The lowest BCUT2D eigenvalue weighted by molar-refractivity contribution is 0.504. The molecule has 1 heterocycles. The van der Waals surface area contributed by atoms with E-state index in [1.54, 1.807) is 17.8 Å². The lowest BCUT2D eigenvalue weighted by atomic mass is 10.1. The highest BCUT2D eigenvalue weighted by Crippen LogP contribution is 2.22. The molecule has 0 fully saturated rings. The van der Waals surface area contributed by atoms with Crippen LogP contribution >= 0.6 is 0 Å². The third-order valence-corrected chi connectivity index (χ3v) is 3.39. The standard InChI is InChI=1S/C12H13F2N3O2S/c1-17-6-5-15-12(17)11(16-20(2,18)19)8-3-4-9(13)10(14)7-8/h3-7,11,16H,1-2H3. The second kappa shape index (κ2) is 5.29. The minimum absolute atomic E-state index is 0.267.